The van der Waals surface area contributed by atoms with Gasteiger partial charge in [-0.15, -0.1) is 0 Å². The van der Waals surface area contributed by atoms with Crippen LogP contribution >= 0.6 is 11.8 Å². The summed E-state index contributed by atoms with van der Waals surface area (Å²) in [6.07, 6.45) is 0. The van der Waals surface area contributed by atoms with Crippen LogP contribution in [-0.2, 0) is 4.79 Å². The second-order valence-electron chi connectivity index (χ2n) is 6.92. The number of carbonyl (C=O) groups is 2. The van der Waals surface area contributed by atoms with Gasteiger partial charge in [-0.3, -0.25) is 9.59 Å². The molecule has 0 aliphatic carbocycles. The Bertz CT molecular complexity index is 1110. The number of rotatable bonds is 4. The van der Waals surface area contributed by atoms with E-state index < -0.39 is 0 Å². The van der Waals surface area contributed by atoms with E-state index >= 15 is 0 Å². The van der Waals surface area contributed by atoms with Gasteiger partial charge in [0, 0.05) is 10.9 Å². The van der Waals surface area contributed by atoms with Crippen LogP contribution in [0.2, 0.25) is 0 Å². The Kier molecular flexibility index (Phi) is 4.81. The largest absolute Gasteiger partial charge is 0.482 e. The number of aromatic nitrogens is 1. The van der Waals surface area contributed by atoms with Crippen molar-refractivity contribution in [1.29, 1.82) is 0 Å². The van der Waals surface area contributed by atoms with Gasteiger partial charge in [-0.2, -0.15) is 0 Å². The first-order valence-electron chi connectivity index (χ1n) is 9.07. The van der Waals surface area contributed by atoms with Gasteiger partial charge >= 0.3 is 0 Å². The smallest absolute Gasteiger partial charge is 0.262 e. The van der Waals surface area contributed by atoms with Crippen LogP contribution in [0.5, 0.6) is 5.75 Å². The quantitative estimate of drug-likeness (QED) is 0.521. The number of aryl methyl sites for hydroxylation is 2. The molecular formula is C22H20N2O3S. The van der Waals surface area contributed by atoms with Gasteiger partial charge in [0.25, 0.3) is 5.91 Å². The number of carbonyl (C=O) groups excluding carboxylic acids is 2. The van der Waals surface area contributed by atoms with E-state index in [-0.39, 0.29) is 23.5 Å². The molecule has 6 heteroatoms. The maximum atomic E-state index is 12.9. The van der Waals surface area contributed by atoms with E-state index in [1.54, 1.807) is 18.2 Å². The lowest BCUT2D eigenvalue weighted by molar-refractivity contribution is -0.118. The average Bonchev–Trinajstić information content (AvgIpc) is 2.67. The highest BCUT2D eigenvalue weighted by Gasteiger charge is 2.22. The number of ketones is 1. The Balaban J connectivity index is 1.58. The third-order valence-electron chi connectivity index (χ3n) is 4.79. The molecule has 0 bridgehead atoms. The van der Waals surface area contributed by atoms with Gasteiger partial charge in [-0.25, -0.2) is 4.98 Å². The lowest BCUT2D eigenvalue weighted by Gasteiger charge is -2.19. The maximum Gasteiger partial charge on any atom is 0.262 e. The van der Waals surface area contributed by atoms with Gasteiger partial charge in [0.2, 0.25) is 0 Å². The number of fused-ring (bicyclic) bond motifs is 2. The number of ether oxygens (including phenoxy) is 1. The molecular weight excluding hydrogens is 372 g/mol. The standard InChI is InChI=1S/C22H20N2O3S/c1-12-5-4-6-16-13(2)9-20(24-21(12)16)28-14(3)22(26)15-7-8-18-17(10-15)23-19(25)11-27-18/h4-10,14H,11H2,1-3H3,(H,23,25)/t14-/m0/s1. The van der Waals surface area contributed by atoms with Crippen LogP contribution in [0.4, 0.5) is 5.69 Å². The van der Waals surface area contributed by atoms with Gasteiger partial charge < -0.3 is 10.1 Å². The van der Waals surface area contributed by atoms with Crippen molar-refractivity contribution in [3.05, 3.63) is 59.2 Å². The summed E-state index contributed by atoms with van der Waals surface area (Å²) in [7, 11) is 0. The molecule has 5 nitrogen and oxygen atoms in total. The van der Waals surface area contributed by atoms with Crippen molar-refractivity contribution in [2.24, 2.45) is 0 Å². The molecule has 1 aromatic heterocycles. The van der Waals surface area contributed by atoms with Gasteiger partial charge in [0.1, 0.15) is 5.75 Å². The fraction of sp³-hybridized carbons (Fsp3) is 0.227. The number of amides is 1. The van der Waals surface area contributed by atoms with E-state index in [4.69, 9.17) is 9.72 Å². The maximum absolute atomic E-state index is 12.9. The van der Waals surface area contributed by atoms with E-state index in [0.717, 1.165) is 27.1 Å². The molecule has 1 atom stereocenters. The molecule has 0 unspecified atom stereocenters. The Morgan fingerprint density at radius 1 is 1.18 bits per heavy atom. The number of benzene rings is 2. The fourth-order valence-electron chi connectivity index (χ4n) is 3.30. The monoisotopic (exact) mass is 392 g/mol. The van der Waals surface area contributed by atoms with Crippen molar-refractivity contribution < 1.29 is 14.3 Å². The van der Waals surface area contributed by atoms with E-state index in [2.05, 4.69) is 18.3 Å². The summed E-state index contributed by atoms with van der Waals surface area (Å²) in [5, 5.41) is 4.39. The van der Waals surface area contributed by atoms with Crippen LogP contribution < -0.4 is 10.1 Å². The number of nitrogens with zero attached hydrogens (tertiary/aromatic N) is 1. The van der Waals surface area contributed by atoms with Crippen LogP contribution in [0.25, 0.3) is 10.9 Å². The molecule has 4 rings (SSSR count). The predicted octanol–water partition coefficient (Wildman–Crippen LogP) is 4.55. The van der Waals surface area contributed by atoms with Crippen LogP contribution in [0.1, 0.15) is 28.4 Å². The normalized spacial score (nSPS) is 14.2. The van der Waals surface area contributed by atoms with Gasteiger partial charge in [0.15, 0.2) is 12.4 Å². The lowest BCUT2D eigenvalue weighted by atomic mass is 10.1. The molecule has 28 heavy (non-hydrogen) atoms. The summed E-state index contributed by atoms with van der Waals surface area (Å²) in [6.45, 7) is 5.98. The second-order valence-corrected chi connectivity index (χ2v) is 8.28. The minimum absolute atomic E-state index is 0.00104. The topological polar surface area (TPSA) is 68.3 Å². The van der Waals surface area contributed by atoms with Gasteiger partial charge in [-0.1, -0.05) is 30.0 Å². The fourth-order valence-corrected chi connectivity index (χ4v) is 4.29. The van der Waals surface area contributed by atoms with Crippen LogP contribution in [0, 0.1) is 13.8 Å². The molecule has 3 aromatic rings. The first kappa shape index (κ1) is 18.5. The molecule has 142 valence electrons. The molecule has 1 aliphatic rings. The third-order valence-corrected chi connectivity index (χ3v) is 5.81. The molecule has 1 N–H and O–H groups in total. The van der Waals surface area contributed by atoms with E-state index in [1.807, 2.05) is 32.0 Å². The minimum Gasteiger partial charge on any atom is -0.482 e. The molecule has 0 saturated carbocycles. The van der Waals surface area contributed by atoms with Crippen molar-refractivity contribution in [2.75, 3.05) is 11.9 Å². The number of Topliss-reactive ketones (excluding diaryl/α,β-unsaturated/α-hetero) is 1. The Morgan fingerprint density at radius 2 is 2.00 bits per heavy atom. The highest BCUT2D eigenvalue weighted by molar-refractivity contribution is 8.00. The van der Waals surface area contributed by atoms with Crippen molar-refractivity contribution in [3.8, 4) is 5.75 Å². The number of pyridine rings is 1. The Hall–Kier alpha value is -2.86. The lowest BCUT2D eigenvalue weighted by Crippen LogP contribution is -2.25. The van der Waals surface area contributed by atoms with E-state index in [9.17, 15) is 9.59 Å². The van der Waals surface area contributed by atoms with Gasteiger partial charge in [0.05, 0.1) is 21.5 Å². The molecule has 2 heterocycles. The Morgan fingerprint density at radius 3 is 2.82 bits per heavy atom. The number of para-hydroxylation sites is 1. The summed E-state index contributed by atoms with van der Waals surface area (Å²) < 4.78 is 5.35. The zero-order valence-electron chi connectivity index (χ0n) is 15.9. The van der Waals surface area contributed by atoms with Gasteiger partial charge in [-0.05, 0) is 56.2 Å². The Labute approximate surface area is 167 Å². The zero-order chi connectivity index (χ0) is 19.8. The molecule has 0 radical (unpaired) electrons. The van der Waals surface area contributed by atoms with Crippen molar-refractivity contribution >= 4 is 40.0 Å². The summed E-state index contributed by atoms with van der Waals surface area (Å²) in [6, 6.07) is 13.3. The SMILES string of the molecule is Cc1cc(S[C@@H](C)C(=O)c2ccc3c(c2)NC(=O)CO3)nc2c(C)cccc12. The summed E-state index contributed by atoms with van der Waals surface area (Å²) in [5.41, 5.74) is 4.31. The van der Waals surface area contributed by atoms with E-state index in [0.29, 0.717) is 17.0 Å². The van der Waals surface area contributed by atoms with Crippen molar-refractivity contribution in [1.82, 2.24) is 4.98 Å². The number of nitrogens with one attached hydrogen (secondary N) is 1. The molecule has 0 fully saturated rings. The van der Waals surface area contributed by atoms with Crippen LogP contribution in [0.15, 0.2) is 47.5 Å². The molecule has 0 spiro atoms. The number of anilines is 1. The highest BCUT2D eigenvalue weighted by Crippen LogP contribution is 2.32. The van der Waals surface area contributed by atoms with E-state index in [1.165, 1.54) is 11.8 Å². The predicted molar refractivity (Wildman–Crippen MR) is 111 cm³/mol. The van der Waals surface area contributed by atoms with Crippen LogP contribution in [0.3, 0.4) is 0 Å². The molecule has 0 saturated heterocycles. The zero-order valence-corrected chi connectivity index (χ0v) is 16.7. The highest BCUT2D eigenvalue weighted by atomic mass is 32.2. The summed E-state index contributed by atoms with van der Waals surface area (Å²) >= 11 is 1.44. The number of hydrogen-bond acceptors (Lipinski definition) is 5. The van der Waals surface area contributed by atoms with Crippen molar-refractivity contribution in [2.45, 2.75) is 31.0 Å². The molecule has 1 amide bonds. The number of hydrogen-bond donors (Lipinski definition) is 1. The van der Waals surface area contributed by atoms with Crippen molar-refractivity contribution in [3.63, 3.8) is 0 Å². The average molecular weight is 392 g/mol. The minimum atomic E-state index is -0.313. The molecule has 1 aliphatic heterocycles. The van der Waals surface area contributed by atoms with Crippen LogP contribution in [-0.4, -0.2) is 28.5 Å². The third kappa shape index (κ3) is 3.47. The summed E-state index contributed by atoms with van der Waals surface area (Å²) in [5.74, 6) is 0.349. The second kappa shape index (κ2) is 7.28. The molecule has 2 aromatic carbocycles. The first-order chi connectivity index (χ1) is 13.4. The first-order valence-corrected chi connectivity index (χ1v) is 9.95. The summed E-state index contributed by atoms with van der Waals surface area (Å²) in [4.78, 5) is 29.2. The number of thioether (sulfide) groups is 1.